The lowest BCUT2D eigenvalue weighted by Crippen LogP contribution is -2.27. The van der Waals surface area contributed by atoms with Crippen molar-refractivity contribution < 1.29 is 9.90 Å². The Labute approximate surface area is 101 Å². The van der Waals surface area contributed by atoms with Gasteiger partial charge in [-0.1, -0.05) is 5.92 Å². The van der Waals surface area contributed by atoms with Crippen LogP contribution in [-0.2, 0) is 4.79 Å². The lowest BCUT2D eigenvalue weighted by molar-refractivity contribution is -0.139. The lowest BCUT2D eigenvalue weighted by atomic mass is 10.2. The largest absolute Gasteiger partial charge is 0.480 e. The predicted octanol–water partition coefficient (Wildman–Crippen LogP) is 2.17. The number of halogens is 1. The highest BCUT2D eigenvalue weighted by atomic mass is 79.9. The first-order valence-corrected chi connectivity index (χ1v) is 5.82. The minimum Gasteiger partial charge on any atom is -0.480 e. The molecule has 1 unspecified atom stereocenters. The van der Waals surface area contributed by atoms with Crippen LogP contribution in [-0.4, -0.2) is 17.6 Å². The third-order valence-corrected chi connectivity index (χ3v) is 4.02. The molecule has 1 heterocycles. The number of hydrogen-bond acceptors (Lipinski definition) is 3. The molecule has 0 aromatic carbocycles. The molecule has 1 aromatic heterocycles. The van der Waals surface area contributed by atoms with Gasteiger partial charge in [0, 0.05) is 14.2 Å². The summed E-state index contributed by atoms with van der Waals surface area (Å²) in [4.78, 5) is 12.8. The van der Waals surface area contributed by atoms with E-state index < -0.39 is 12.0 Å². The topological polar surface area (TPSA) is 49.3 Å². The van der Waals surface area contributed by atoms with E-state index in [-0.39, 0.29) is 6.54 Å². The molecule has 80 valence electrons. The van der Waals surface area contributed by atoms with Gasteiger partial charge in [-0.25, -0.2) is 0 Å². The van der Waals surface area contributed by atoms with E-state index in [1.165, 1.54) is 11.3 Å². The zero-order valence-electron chi connectivity index (χ0n) is 8.08. The number of nitrogens with one attached hydrogen (secondary N) is 1. The SMILES string of the molecule is C#CCNC(C(=O)O)c1cc(Br)c(C)s1. The van der Waals surface area contributed by atoms with Gasteiger partial charge < -0.3 is 5.11 Å². The Morgan fingerprint density at radius 1 is 1.87 bits per heavy atom. The van der Waals surface area contributed by atoms with Crippen LogP contribution in [0.25, 0.3) is 0 Å². The van der Waals surface area contributed by atoms with Gasteiger partial charge in [0.05, 0.1) is 6.54 Å². The molecule has 2 N–H and O–H groups in total. The molecule has 3 nitrogen and oxygen atoms in total. The van der Waals surface area contributed by atoms with Crippen LogP contribution >= 0.6 is 27.3 Å². The Hall–Kier alpha value is -0.830. The van der Waals surface area contributed by atoms with Crippen LogP contribution in [0.15, 0.2) is 10.5 Å². The highest BCUT2D eigenvalue weighted by Crippen LogP contribution is 2.30. The summed E-state index contributed by atoms with van der Waals surface area (Å²) >= 11 is 4.79. The summed E-state index contributed by atoms with van der Waals surface area (Å²) in [5.41, 5.74) is 0. The minimum atomic E-state index is -0.918. The second-order valence-electron chi connectivity index (χ2n) is 2.91. The van der Waals surface area contributed by atoms with Gasteiger partial charge in [0.25, 0.3) is 0 Å². The molecule has 15 heavy (non-hydrogen) atoms. The first-order valence-electron chi connectivity index (χ1n) is 4.21. The number of carbonyl (C=O) groups is 1. The Kier molecular flexibility index (Phi) is 4.33. The molecular formula is C10H10BrNO2S. The molecule has 1 atom stereocenters. The van der Waals surface area contributed by atoms with Crippen LogP contribution in [0.3, 0.4) is 0 Å². The first-order chi connectivity index (χ1) is 7.06. The zero-order chi connectivity index (χ0) is 11.4. The molecule has 0 spiro atoms. The maximum absolute atomic E-state index is 11.0. The van der Waals surface area contributed by atoms with Gasteiger partial charge in [0.2, 0.25) is 0 Å². The highest BCUT2D eigenvalue weighted by molar-refractivity contribution is 9.10. The molecule has 0 aliphatic heterocycles. The molecule has 5 heteroatoms. The predicted molar refractivity (Wildman–Crippen MR) is 64.0 cm³/mol. The Balaban J connectivity index is 2.90. The summed E-state index contributed by atoms with van der Waals surface area (Å²) in [7, 11) is 0. The van der Waals surface area contributed by atoms with E-state index >= 15 is 0 Å². The van der Waals surface area contributed by atoms with Crippen molar-refractivity contribution in [2.75, 3.05) is 6.54 Å². The summed E-state index contributed by atoms with van der Waals surface area (Å²) in [6.07, 6.45) is 5.08. The van der Waals surface area contributed by atoms with Gasteiger partial charge >= 0.3 is 5.97 Å². The summed E-state index contributed by atoms with van der Waals surface area (Å²) < 4.78 is 0.927. The molecule has 0 aliphatic rings. The standard InChI is InChI=1S/C10H10BrNO2S/c1-3-4-12-9(10(13)14)8-5-7(11)6(2)15-8/h1,5,9,12H,4H2,2H3,(H,13,14). The van der Waals surface area contributed by atoms with E-state index in [0.29, 0.717) is 0 Å². The summed E-state index contributed by atoms with van der Waals surface area (Å²) in [6.45, 7) is 2.17. The summed E-state index contributed by atoms with van der Waals surface area (Å²) in [5, 5.41) is 11.8. The van der Waals surface area contributed by atoms with Crippen molar-refractivity contribution in [3.8, 4) is 12.3 Å². The normalized spacial score (nSPS) is 12.1. The number of carboxylic acids is 1. The van der Waals surface area contributed by atoms with E-state index in [1.807, 2.05) is 13.0 Å². The van der Waals surface area contributed by atoms with Gasteiger partial charge in [-0.15, -0.1) is 17.8 Å². The number of terminal acetylenes is 1. The maximum atomic E-state index is 11.0. The van der Waals surface area contributed by atoms with Crippen LogP contribution in [0.1, 0.15) is 15.8 Å². The minimum absolute atomic E-state index is 0.242. The van der Waals surface area contributed by atoms with Crippen molar-refractivity contribution in [1.29, 1.82) is 0 Å². The molecule has 1 aromatic rings. The van der Waals surface area contributed by atoms with E-state index in [4.69, 9.17) is 11.5 Å². The molecular weight excluding hydrogens is 278 g/mol. The monoisotopic (exact) mass is 287 g/mol. The average molecular weight is 288 g/mol. The average Bonchev–Trinajstić information content (AvgIpc) is 2.47. The van der Waals surface area contributed by atoms with Gasteiger partial charge in [-0.05, 0) is 28.9 Å². The summed E-state index contributed by atoms with van der Waals surface area (Å²) in [5.74, 6) is 1.45. The fraction of sp³-hybridized carbons (Fsp3) is 0.300. The van der Waals surface area contributed by atoms with Crippen LogP contribution in [0.5, 0.6) is 0 Å². The Morgan fingerprint density at radius 2 is 2.53 bits per heavy atom. The molecule has 0 radical (unpaired) electrons. The van der Waals surface area contributed by atoms with Crippen molar-refractivity contribution in [1.82, 2.24) is 5.32 Å². The fourth-order valence-electron chi connectivity index (χ4n) is 1.09. The van der Waals surface area contributed by atoms with Crippen molar-refractivity contribution in [3.05, 3.63) is 20.3 Å². The second kappa shape index (κ2) is 5.31. The number of thiophene rings is 1. The van der Waals surface area contributed by atoms with E-state index in [1.54, 1.807) is 0 Å². The zero-order valence-corrected chi connectivity index (χ0v) is 10.5. The Morgan fingerprint density at radius 3 is 2.93 bits per heavy atom. The molecule has 0 bridgehead atoms. The number of aryl methyl sites for hydroxylation is 1. The second-order valence-corrected chi connectivity index (χ2v) is 5.05. The van der Waals surface area contributed by atoms with E-state index in [2.05, 4.69) is 27.2 Å². The van der Waals surface area contributed by atoms with Gasteiger partial charge in [-0.2, -0.15) is 0 Å². The summed E-state index contributed by atoms with van der Waals surface area (Å²) in [6, 6.07) is 1.08. The van der Waals surface area contributed by atoms with Crippen LogP contribution < -0.4 is 5.32 Å². The van der Waals surface area contributed by atoms with Gasteiger partial charge in [0.15, 0.2) is 0 Å². The molecule has 1 rings (SSSR count). The van der Waals surface area contributed by atoms with Crippen LogP contribution in [0, 0.1) is 19.3 Å². The lowest BCUT2D eigenvalue weighted by Gasteiger charge is -2.09. The molecule has 0 saturated carbocycles. The number of hydrogen-bond donors (Lipinski definition) is 2. The van der Waals surface area contributed by atoms with E-state index in [0.717, 1.165) is 14.2 Å². The highest BCUT2D eigenvalue weighted by Gasteiger charge is 2.21. The number of rotatable bonds is 4. The van der Waals surface area contributed by atoms with Crippen molar-refractivity contribution in [3.63, 3.8) is 0 Å². The van der Waals surface area contributed by atoms with Gasteiger partial charge in [0.1, 0.15) is 6.04 Å². The third kappa shape index (κ3) is 3.06. The van der Waals surface area contributed by atoms with Crippen molar-refractivity contribution in [2.45, 2.75) is 13.0 Å². The third-order valence-electron chi connectivity index (χ3n) is 1.82. The molecule has 0 amide bonds. The van der Waals surface area contributed by atoms with Crippen molar-refractivity contribution >= 4 is 33.2 Å². The molecule has 0 aliphatic carbocycles. The molecule has 0 fully saturated rings. The van der Waals surface area contributed by atoms with Crippen molar-refractivity contribution in [2.24, 2.45) is 0 Å². The molecule has 0 saturated heterocycles. The Bertz CT molecular complexity index is 389. The number of carboxylic acid groups (broad SMARTS) is 1. The smallest absolute Gasteiger partial charge is 0.326 e. The first kappa shape index (κ1) is 12.2. The number of aliphatic carboxylic acids is 1. The van der Waals surface area contributed by atoms with E-state index in [9.17, 15) is 4.79 Å². The fourth-order valence-corrected chi connectivity index (χ4v) is 2.72. The quantitative estimate of drug-likeness (QED) is 0.835. The van der Waals surface area contributed by atoms with Crippen LogP contribution in [0.4, 0.5) is 0 Å². The maximum Gasteiger partial charge on any atom is 0.326 e. The van der Waals surface area contributed by atoms with Crippen LogP contribution in [0.2, 0.25) is 0 Å². The van der Waals surface area contributed by atoms with Gasteiger partial charge in [-0.3, -0.25) is 10.1 Å².